The molecule has 5 heteroatoms. The topological polar surface area (TPSA) is 70.2 Å². The molecule has 1 aliphatic rings. The van der Waals surface area contributed by atoms with Gasteiger partial charge in [0.05, 0.1) is 0 Å². The number of rotatable bonds is 9. The highest BCUT2D eigenvalue weighted by Crippen LogP contribution is 2.28. The lowest BCUT2D eigenvalue weighted by Crippen LogP contribution is -2.38. The van der Waals surface area contributed by atoms with E-state index in [4.69, 9.17) is 0 Å². The van der Waals surface area contributed by atoms with Crippen molar-refractivity contribution in [3.63, 3.8) is 0 Å². The third kappa shape index (κ3) is 7.49. The summed E-state index contributed by atoms with van der Waals surface area (Å²) in [4.78, 5) is 23.4. The molecular formula is C19H29N3O2. The maximum atomic E-state index is 11.7. The molecule has 1 saturated carbocycles. The Morgan fingerprint density at radius 3 is 2.42 bits per heavy atom. The first-order valence-corrected chi connectivity index (χ1v) is 9.06. The van der Waals surface area contributed by atoms with E-state index in [1.807, 2.05) is 30.3 Å². The van der Waals surface area contributed by atoms with Gasteiger partial charge >= 0.3 is 6.03 Å². The first-order valence-electron chi connectivity index (χ1n) is 9.06. The minimum atomic E-state index is -0.183. The molecule has 1 aromatic rings. The van der Waals surface area contributed by atoms with Crippen LogP contribution in [0.1, 0.15) is 50.5 Å². The van der Waals surface area contributed by atoms with Crippen LogP contribution >= 0.6 is 0 Å². The molecule has 0 atom stereocenters. The molecule has 0 bridgehead atoms. The van der Waals surface area contributed by atoms with Gasteiger partial charge in [-0.2, -0.15) is 0 Å². The molecule has 0 radical (unpaired) electrons. The van der Waals surface area contributed by atoms with Crippen molar-refractivity contribution >= 4 is 11.9 Å². The van der Waals surface area contributed by atoms with Gasteiger partial charge in [0.25, 0.3) is 0 Å². The lowest BCUT2D eigenvalue weighted by Gasteiger charge is -2.10. The summed E-state index contributed by atoms with van der Waals surface area (Å²) in [5.41, 5.74) is 1.07. The van der Waals surface area contributed by atoms with Crippen molar-refractivity contribution in [1.29, 1.82) is 0 Å². The van der Waals surface area contributed by atoms with Crippen molar-refractivity contribution in [1.82, 2.24) is 16.0 Å². The SMILES string of the molecule is O=C(CCNC(=O)NCCCC1CCCC1)NCc1ccccc1. The Bertz CT molecular complexity index is 499. The Kier molecular flexibility index (Phi) is 8.15. The number of nitrogens with one attached hydrogen (secondary N) is 3. The Balaban J connectivity index is 1.45. The van der Waals surface area contributed by atoms with Crippen molar-refractivity contribution in [3.05, 3.63) is 35.9 Å². The highest BCUT2D eigenvalue weighted by atomic mass is 16.2. The minimum Gasteiger partial charge on any atom is -0.352 e. The molecule has 0 saturated heterocycles. The van der Waals surface area contributed by atoms with Crippen molar-refractivity contribution < 1.29 is 9.59 Å². The summed E-state index contributed by atoms with van der Waals surface area (Å²) in [6.07, 6.45) is 7.98. The van der Waals surface area contributed by atoms with Gasteiger partial charge in [0, 0.05) is 26.1 Å². The van der Waals surface area contributed by atoms with Crippen LogP contribution in [0.15, 0.2) is 30.3 Å². The summed E-state index contributed by atoms with van der Waals surface area (Å²) < 4.78 is 0. The number of amides is 3. The van der Waals surface area contributed by atoms with Gasteiger partial charge in [-0.05, 0) is 24.3 Å². The summed E-state index contributed by atoms with van der Waals surface area (Å²) in [5, 5.41) is 8.43. The highest BCUT2D eigenvalue weighted by molar-refractivity contribution is 5.78. The Labute approximate surface area is 144 Å². The van der Waals surface area contributed by atoms with Gasteiger partial charge in [-0.15, -0.1) is 0 Å². The fraction of sp³-hybridized carbons (Fsp3) is 0.579. The quantitative estimate of drug-likeness (QED) is 0.609. The molecule has 1 aliphatic carbocycles. The normalized spacial score (nSPS) is 14.3. The van der Waals surface area contributed by atoms with Gasteiger partial charge < -0.3 is 16.0 Å². The van der Waals surface area contributed by atoms with Gasteiger partial charge in [-0.25, -0.2) is 4.79 Å². The highest BCUT2D eigenvalue weighted by Gasteiger charge is 2.14. The fourth-order valence-electron chi connectivity index (χ4n) is 3.13. The third-order valence-electron chi connectivity index (χ3n) is 4.52. The predicted molar refractivity (Wildman–Crippen MR) is 95.5 cm³/mol. The van der Waals surface area contributed by atoms with Gasteiger partial charge in [-0.3, -0.25) is 4.79 Å². The molecule has 0 spiro atoms. The van der Waals surface area contributed by atoms with Crippen LogP contribution in [-0.2, 0) is 11.3 Å². The molecule has 0 aromatic heterocycles. The zero-order valence-electron chi connectivity index (χ0n) is 14.4. The Morgan fingerprint density at radius 2 is 1.67 bits per heavy atom. The van der Waals surface area contributed by atoms with E-state index >= 15 is 0 Å². The van der Waals surface area contributed by atoms with Crippen LogP contribution in [-0.4, -0.2) is 25.0 Å². The number of carbonyl (C=O) groups excluding carboxylic acids is 2. The van der Waals surface area contributed by atoms with Crippen LogP contribution in [0.4, 0.5) is 4.79 Å². The zero-order chi connectivity index (χ0) is 17.0. The van der Waals surface area contributed by atoms with Crippen LogP contribution in [0.3, 0.4) is 0 Å². The molecule has 0 heterocycles. The van der Waals surface area contributed by atoms with E-state index in [0.717, 1.165) is 17.9 Å². The van der Waals surface area contributed by atoms with Gasteiger partial charge in [-0.1, -0.05) is 56.0 Å². The second-order valence-corrected chi connectivity index (χ2v) is 6.49. The van der Waals surface area contributed by atoms with Gasteiger partial charge in [0.15, 0.2) is 0 Å². The average molecular weight is 331 g/mol. The van der Waals surface area contributed by atoms with Crippen LogP contribution < -0.4 is 16.0 Å². The van der Waals surface area contributed by atoms with E-state index < -0.39 is 0 Å². The standard InChI is InChI=1S/C19H29N3O2/c23-18(22-15-17-9-2-1-3-10-17)12-14-21-19(24)20-13-6-11-16-7-4-5-8-16/h1-3,9-10,16H,4-8,11-15H2,(H,22,23)(H2,20,21,24). The fourth-order valence-corrected chi connectivity index (χ4v) is 3.13. The number of benzene rings is 1. The maximum Gasteiger partial charge on any atom is 0.314 e. The number of hydrogen-bond acceptors (Lipinski definition) is 2. The predicted octanol–water partition coefficient (Wildman–Crippen LogP) is 2.96. The summed E-state index contributed by atoms with van der Waals surface area (Å²) in [7, 11) is 0. The summed E-state index contributed by atoms with van der Waals surface area (Å²) in [5.74, 6) is 0.809. The summed E-state index contributed by atoms with van der Waals surface area (Å²) in [6, 6.07) is 9.59. The van der Waals surface area contributed by atoms with Crippen molar-refractivity contribution in [2.45, 2.75) is 51.5 Å². The van der Waals surface area contributed by atoms with Crippen LogP contribution in [0.2, 0.25) is 0 Å². The van der Waals surface area contributed by atoms with E-state index in [1.165, 1.54) is 32.1 Å². The number of carbonyl (C=O) groups is 2. The van der Waals surface area contributed by atoms with Crippen LogP contribution in [0.5, 0.6) is 0 Å². The van der Waals surface area contributed by atoms with Crippen molar-refractivity contribution in [3.8, 4) is 0 Å². The molecule has 0 aliphatic heterocycles. The first kappa shape index (κ1) is 18.3. The molecule has 24 heavy (non-hydrogen) atoms. The van der Waals surface area contributed by atoms with Crippen LogP contribution in [0, 0.1) is 5.92 Å². The monoisotopic (exact) mass is 331 g/mol. The van der Waals surface area contributed by atoms with E-state index in [-0.39, 0.29) is 11.9 Å². The average Bonchev–Trinajstić information content (AvgIpc) is 3.11. The molecular weight excluding hydrogens is 302 g/mol. The molecule has 1 fully saturated rings. The second-order valence-electron chi connectivity index (χ2n) is 6.49. The minimum absolute atomic E-state index is 0.0552. The largest absolute Gasteiger partial charge is 0.352 e. The number of urea groups is 1. The summed E-state index contributed by atoms with van der Waals surface area (Å²) in [6.45, 7) is 1.59. The zero-order valence-corrected chi connectivity index (χ0v) is 14.4. The first-order chi connectivity index (χ1) is 11.7. The lowest BCUT2D eigenvalue weighted by molar-refractivity contribution is -0.121. The van der Waals surface area contributed by atoms with E-state index in [1.54, 1.807) is 0 Å². The van der Waals surface area contributed by atoms with E-state index in [0.29, 0.717) is 26.1 Å². The summed E-state index contributed by atoms with van der Waals surface area (Å²) >= 11 is 0. The maximum absolute atomic E-state index is 11.7. The smallest absolute Gasteiger partial charge is 0.314 e. The molecule has 2 rings (SSSR count). The third-order valence-corrected chi connectivity index (χ3v) is 4.52. The van der Waals surface area contributed by atoms with E-state index in [9.17, 15) is 9.59 Å². The molecule has 3 N–H and O–H groups in total. The van der Waals surface area contributed by atoms with E-state index in [2.05, 4.69) is 16.0 Å². The molecule has 3 amide bonds. The molecule has 0 unspecified atom stereocenters. The molecule has 1 aromatic carbocycles. The van der Waals surface area contributed by atoms with Crippen molar-refractivity contribution in [2.75, 3.05) is 13.1 Å². The van der Waals surface area contributed by atoms with Crippen LogP contribution in [0.25, 0.3) is 0 Å². The Hall–Kier alpha value is -2.04. The number of hydrogen-bond donors (Lipinski definition) is 3. The lowest BCUT2D eigenvalue weighted by atomic mass is 10.0. The van der Waals surface area contributed by atoms with Gasteiger partial charge in [0.1, 0.15) is 0 Å². The molecule has 5 nitrogen and oxygen atoms in total. The van der Waals surface area contributed by atoms with Gasteiger partial charge in [0.2, 0.25) is 5.91 Å². The molecule has 132 valence electrons. The van der Waals surface area contributed by atoms with Crippen molar-refractivity contribution in [2.24, 2.45) is 5.92 Å². The Morgan fingerprint density at radius 1 is 0.958 bits per heavy atom. The second kappa shape index (κ2) is 10.7.